The fraction of sp³-hybridized carbons (Fsp3) is 0.450. The van der Waals surface area contributed by atoms with E-state index in [2.05, 4.69) is 20.2 Å². The lowest BCUT2D eigenvalue weighted by atomic mass is 10.2. The first-order valence-electron chi connectivity index (χ1n) is 9.89. The fourth-order valence-electron chi connectivity index (χ4n) is 3.61. The van der Waals surface area contributed by atoms with Crippen molar-refractivity contribution in [3.63, 3.8) is 0 Å². The number of hydrogen-bond acceptors (Lipinski definition) is 8. The average molecular weight is 432 g/mol. The van der Waals surface area contributed by atoms with Gasteiger partial charge in [0.1, 0.15) is 11.3 Å². The predicted octanol–water partition coefficient (Wildman–Crippen LogP) is 2.55. The first kappa shape index (κ1) is 20.7. The van der Waals surface area contributed by atoms with E-state index in [0.717, 1.165) is 24.1 Å². The van der Waals surface area contributed by atoms with E-state index in [1.165, 1.54) is 0 Å². The Bertz CT molecular complexity index is 1100. The van der Waals surface area contributed by atoms with E-state index in [0.29, 0.717) is 54.2 Å². The summed E-state index contributed by atoms with van der Waals surface area (Å²) in [6.07, 6.45) is 0.736. The van der Waals surface area contributed by atoms with Crippen LogP contribution in [0.25, 0.3) is 11.5 Å². The summed E-state index contributed by atoms with van der Waals surface area (Å²) < 4.78 is 38.0. The molecular weight excluding hydrogens is 406 g/mol. The van der Waals surface area contributed by atoms with Crippen molar-refractivity contribution < 1.29 is 17.5 Å². The van der Waals surface area contributed by atoms with Crippen LogP contribution in [0.2, 0.25) is 0 Å². The first-order chi connectivity index (χ1) is 14.3. The molecule has 160 valence electrons. The minimum absolute atomic E-state index is 0.337. The Labute approximate surface area is 175 Å². The Hall–Kier alpha value is -2.56. The summed E-state index contributed by atoms with van der Waals surface area (Å²) in [5, 5.41) is 7.99. The zero-order chi connectivity index (χ0) is 21.3. The van der Waals surface area contributed by atoms with Crippen LogP contribution in [0.15, 0.2) is 38.2 Å². The van der Waals surface area contributed by atoms with Crippen molar-refractivity contribution >= 4 is 10.0 Å². The largest absolute Gasteiger partial charge is 0.361 e. The number of aromatic nitrogens is 3. The van der Waals surface area contributed by atoms with Crippen molar-refractivity contribution in [2.75, 3.05) is 26.2 Å². The lowest BCUT2D eigenvalue weighted by Gasteiger charge is -2.21. The summed E-state index contributed by atoms with van der Waals surface area (Å²) in [4.78, 5) is 6.95. The molecule has 3 heterocycles. The van der Waals surface area contributed by atoms with Gasteiger partial charge in [-0.05, 0) is 45.9 Å². The molecule has 10 heteroatoms. The summed E-state index contributed by atoms with van der Waals surface area (Å²) >= 11 is 0. The van der Waals surface area contributed by atoms with Crippen LogP contribution in [0.4, 0.5) is 0 Å². The molecule has 0 spiro atoms. The van der Waals surface area contributed by atoms with Crippen molar-refractivity contribution in [3.8, 4) is 11.5 Å². The molecule has 1 aliphatic rings. The van der Waals surface area contributed by atoms with Gasteiger partial charge in [-0.25, -0.2) is 8.42 Å². The number of benzene rings is 1. The summed E-state index contributed by atoms with van der Waals surface area (Å²) in [7, 11) is -3.49. The molecule has 0 N–H and O–H groups in total. The number of aryl methyl sites for hydroxylation is 3. The molecule has 0 saturated carbocycles. The lowest BCUT2D eigenvalue weighted by Crippen LogP contribution is -2.35. The van der Waals surface area contributed by atoms with Gasteiger partial charge in [-0.3, -0.25) is 4.90 Å². The second-order valence-corrected chi connectivity index (χ2v) is 9.50. The van der Waals surface area contributed by atoms with Gasteiger partial charge in [-0.15, -0.1) is 0 Å². The highest BCUT2D eigenvalue weighted by molar-refractivity contribution is 7.89. The minimum Gasteiger partial charge on any atom is -0.361 e. The van der Waals surface area contributed by atoms with Crippen molar-refractivity contribution in [3.05, 3.63) is 47.1 Å². The molecule has 1 fully saturated rings. The van der Waals surface area contributed by atoms with Crippen LogP contribution < -0.4 is 0 Å². The van der Waals surface area contributed by atoms with Gasteiger partial charge in [0.05, 0.1) is 17.1 Å². The number of hydrogen-bond donors (Lipinski definition) is 0. The maximum absolute atomic E-state index is 13.0. The molecular formula is C20H25N5O4S. The van der Waals surface area contributed by atoms with Crippen molar-refractivity contribution in [2.45, 2.75) is 38.6 Å². The quantitative estimate of drug-likeness (QED) is 0.607. The summed E-state index contributed by atoms with van der Waals surface area (Å²) in [6, 6.07) is 6.99. The van der Waals surface area contributed by atoms with Gasteiger partial charge in [-0.1, -0.05) is 28.0 Å². The number of sulfonamides is 1. The molecule has 3 aromatic rings. The topological polar surface area (TPSA) is 106 Å². The van der Waals surface area contributed by atoms with Crippen LogP contribution in [-0.2, 0) is 16.6 Å². The molecule has 9 nitrogen and oxygen atoms in total. The highest BCUT2D eigenvalue weighted by Crippen LogP contribution is 2.25. The summed E-state index contributed by atoms with van der Waals surface area (Å²) in [5.74, 6) is 1.58. The maximum Gasteiger partial charge on any atom is 0.263 e. The van der Waals surface area contributed by atoms with Gasteiger partial charge in [0.2, 0.25) is 10.0 Å². The van der Waals surface area contributed by atoms with Gasteiger partial charge >= 0.3 is 0 Å². The molecule has 0 unspecified atom stereocenters. The zero-order valence-corrected chi connectivity index (χ0v) is 18.1. The molecule has 2 aromatic heterocycles. The molecule has 1 saturated heterocycles. The predicted molar refractivity (Wildman–Crippen MR) is 109 cm³/mol. The van der Waals surface area contributed by atoms with Crippen LogP contribution >= 0.6 is 0 Å². The van der Waals surface area contributed by atoms with Crippen LogP contribution in [0.5, 0.6) is 0 Å². The molecule has 0 amide bonds. The SMILES string of the molecule is Cc1ccc(S(=O)(=O)N2CCCN(Cc3noc(-c4c(C)noc4C)n3)CC2)cc1. The number of nitrogens with zero attached hydrogens (tertiary/aromatic N) is 5. The molecule has 4 rings (SSSR count). The van der Waals surface area contributed by atoms with Crippen LogP contribution in [0.1, 0.15) is 29.3 Å². The summed E-state index contributed by atoms with van der Waals surface area (Å²) in [6.45, 7) is 8.33. The first-order valence-corrected chi connectivity index (χ1v) is 11.3. The lowest BCUT2D eigenvalue weighted by molar-refractivity contribution is 0.266. The summed E-state index contributed by atoms with van der Waals surface area (Å²) in [5.41, 5.74) is 2.46. The minimum atomic E-state index is -3.49. The Morgan fingerprint density at radius 2 is 1.73 bits per heavy atom. The zero-order valence-electron chi connectivity index (χ0n) is 17.3. The van der Waals surface area contributed by atoms with Crippen molar-refractivity contribution in [1.82, 2.24) is 24.5 Å². The molecule has 0 aliphatic carbocycles. The van der Waals surface area contributed by atoms with E-state index < -0.39 is 10.0 Å². The third-order valence-electron chi connectivity index (χ3n) is 5.29. The Morgan fingerprint density at radius 1 is 0.967 bits per heavy atom. The normalized spacial score (nSPS) is 16.6. The van der Waals surface area contributed by atoms with Gasteiger partial charge in [0.25, 0.3) is 5.89 Å². The number of rotatable bonds is 5. The second kappa shape index (κ2) is 8.29. The third-order valence-corrected chi connectivity index (χ3v) is 7.20. The second-order valence-electron chi connectivity index (χ2n) is 7.56. The molecule has 0 radical (unpaired) electrons. The van der Waals surface area contributed by atoms with E-state index in [1.54, 1.807) is 23.4 Å². The fourth-order valence-corrected chi connectivity index (χ4v) is 5.08. The standard InChI is InChI=1S/C20H25N5O4S/c1-14-5-7-17(8-6-14)30(26,27)25-10-4-9-24(11-12-25)13-18-21-20(29-23-18)19-15(2)22-28-16(19)3/h5-8H,4,9-13H2,1-3H3. The van der Waals surface area contributed by atoms with E-state index in [1.807, 2.05) is 26.0 Å². The van der Waals surface area contributed by atoms with Crippen LogP contribution in [-0.4, -0.2) is 59.1 Å². The Kier molecular flexibility index (Phi) is 5.72. The monoisotopic (exact) mass is 431 g/mol. The smallest absolute Gasteiger partial charge is 0.263 e. The average Bonchev–Trinajstić information content (AvgIpc) is 3.20. The molecule has 30 heavy (non-hydrogen) atoms. The molecule has 1 aliphatic heterocycles. The van der Waals surface area contributed by atoms with Crippen molar-refractivity contribution in [1.29, 1.82) is 0 Å². The Balaban J connectivity index is 1.42. The third kappa shape index (κ3) is 4.16. The molecule has 1 aromatic carbocycles. The van der Waals surface area contributed by atoms with Crippen LogP contribution in [0, 0.1) is 20.8 Å². The Morgan fingerprint density at radius 3 is 2.43 bits per heavy atom. The van der Waals surface area contributed by atoms with Gasteiger partial charge in [0, 0.05) is 19.6 Å². The van der Waals surface area contributed by atoms with E-state index in [9.17, 15) is 8.42 Å². The highest BCUT2D eigenvalue weighted by atomic mass is 32.2. The van der Waals surface area contributed by atoms with E-state index >= 15 is 0 Å². The maximum atomic E-state index is 13.0. The van der Waals surface area contributed by atoms with E-state index in [-0.39, 0.29) is 0 Å². The van der Waals surface area contributed by atoms with E-state index in [4.69, 9.17) is 9.05 Å². The molecule has 0 bridgehead atoms. The highest BCUT2D eigenvalue weighted by Gasteiger charge is 2.27. The van der Waals surface area contributed by atoms with Crippen molar-refractivity contribution in [2.24, 2.45) is 0 Å². The van der Waals surface area contributed by atoms with Gasteiger partial charge in [-0.2, -0.15) is 9.29 Å². The molecule has 0 atom stereocenters. The van der Waals surface area contributed by atoms with Gasteiger partial charge < -0.3 is 9.05 Å². The van der Waals surface area contributed by atoms with Crippen LogP contribution in [0.3, 0.4) is 0 Å². The van der Waals surface area contributed by atoms with Gasteiger partial charge in [0.15, 0.2) is 5.82 Å².